The van der Waals surface area contributed by atoms with Crippen LogP contribution in [0.2, 0.25) is 5.02 Å². The summed E-state index contributed by atoms with van der Waals surface area (Å²) in [7, 11) is 1.70. The molecule has 0 saturated heterocycles. The molecular weight excluding hydrogens is 287 g/mol. The molecular formula is C10H7ClF3N3S. The Morgan fingerprint density at radius 2 is 2.11 bits per heavy atom. The summed E-state index contributed by atoms with van der Waals surface area (Å²) in [5.74, 6) is 0. The molecule has 0 unspecified atom stereocenters. The van der Waals surface area contributed by atoms with Gasteiger partial charge in [-0.15, -0.1) is 11.3 Å². The van der Waals surface area contributed by atoms with Gasteiger partial charge in [0.05, 0.1) is 10.6 Å². The molecule has 0 aliphatic rings. The number of halogens is 4. The lowest BCUT2D eigenvalue weighted by molar-refractivity contribution is -0.137. The first-order valence-corrected chi connectivity index (χ1v) is 6.04. The van der Waals surface area contributed by atoms with E-state index < -0.39 is 11.7 Å². The van der Waals surface area contributed by atoms with Gasteiger partial charge in [0.15, 0.2) is 5.13 Å². The Hall–Kier alpha value is -1.34. The number of nitrogens with zero attached hydrogens (tertiary/aromatic N) is 2. The lowest BCUT2D eigenvalue weighted by Gasteiger charge is -2.07. The van der Waals surface area contributed by atoms with E-state index in [0.29, 0.717) is 10.8 Å². The molecule has 0 aromatic carbocycles. The van der Waals surface area contributed by atoms with Crippen LogP contribution in [0.4, 0.5) is 18.3 Å². The molecule has 3 nitrogen and oxygen atoms in total. The average molecular weight is 294 g/mol. The zero-order valence-corrected chi connectivity index (χ0v) is 10.6. The minimum absolute atomic E-state index is 0.0715. The Balaban J connectivity index is 2.41. The Labute approximate surface area is 110 Å². The maximum absolute atomic E-state index is 12.4. The van der Waals surface area contributed by atoms with Crippen LogP contribution in [0.25, 0.3) is 11.4 Å². The molecule has 18 heavy (non-hydrogen) atoms. The van der Waals surface area contributed by atoms with Crippen LogP contribution in [-0.4, -0.2) is 17.0 Å². The highest BCUT2D eigenvalue weighted by Gasteiger charge is 2.31. The second-order valence-electron chi connectivity index (χ2n) is 3.34. The number of alkyl halides is 3. The van der Waals surface area contributed by atoms with Gasteiger partial charge in [0, 0.05) is 18.6 Å². The van der Waals surface area contributed by atoms with Crippen molar-refractivity contribution in [2.24, 2.45) is 0 Å². The number of nitrogens with one attached hydrogen (secondary N) is 1. The van der Waals surface area contributed by atoms with Crippen molar-refractivity contribution in [3.05, 3.63) is 28.2 Å². The van der Waals surface area contributed by atoms with Gasteiger partial charge in [0.25, 0.3) is 0 Å². The standard InChI is InChI=1S/C10H7ClF3N3S/c1-15-9-17-7(4-18-9)8-6(11)2-5(3-16-8)10(12,13)14/h2-4H,1H3,(H,15,17). The van der Waals surface area contributed by atoms with Crippen LogP contribution >= 0.6 is 22.9 Å². The fraction of sp³-hybridized carbons (Fsp3) is 0.200. The molecule has 2 aromatic rings. The molecule has 0 spiro atoms. The van der Waals surface area contributed by atoms with Crippen molar-refractivity contribution in [2.45, 2.75) is 6.18 Å². The molecule has 96 valence electrons. The van der Waals surface area contributed by atoms with E-state index in [1.807, 2.05) is 0 Å². The van der Waals surface area contributed by atoms with E-state index in [4.69, 9.17) is 11.6 Å². The van der Waals surface area contributed by atoms with Gasteiger partial charge in [0.2, 0.25) is 0 Å². The van der Waals surface area contributed by atoms with E-state index >= 15 is 0 Å². The van der Waals surface area contributed by atoms with E-state index in [1.165, 1.54) is 11.3 Å². The van der Waals surface area contributed by atoms with Crippen molar-refractivity contribution >= 4 is 28.1 Å². The number of aromatic nitrogens is 2. The molecule has 0 bridgehead atoms. The first-order valence-electron chi connectivity index (χ1n) is 4.78. The van der Waals surface area contributed by atoms with Crippen LogP contribution in [0.1, 0.15) is 5.56 Å². The third kappa shape index (κ3) is 2.56. The Morgan fingerprint density at radius 3 is 2.61 bits per heavy atom. The van der Waals surface area contributed by atoms with Crippen LogP contribution in [0, 0.1) is 0 Å². The molecule has 0 aliphatic carbocycles. The van der Waals surface area contributed by atoms with E-state index in [-0.39, 0.29) is 10.7 Å². The second kappa shape index (κ2) is 4.74. The van der Waals surface area contributed by atoms with Crippen LogP contribution in [-0.2, 0) is 6.18 Å². The maximum atomic E-state index is 12.4. The predicted molar refractivity (Wildman–Crippen MR) is 64.9 cm³/mol. The summed E-state index contributed by atoms with van der Waals surface area (Å²) in [5.41, 5.74) is -0.189. The van der Waals surface area contributed by atoms with Gasteiger partial charge in [-0.05, 0) is 6.07 Å². The molecule has 0 atom stereocenters. The number of anilines is 1. The van der Waals surface area contributed by atoms with Crippen LogP contribution in [0.15, 0.2) is 17.6 Å². The molecule has 0 amide bonds. The monoisotopic (exact) mass is 293 g/mol. The number of rotatable bonds is 2. The van der Waals surface area contributed by atoms with E-state index in [9.17, 15) is 13.2 Å². The highest BCUT2D eigenvalue weighted by molar-refractivity contribution is 7.14. The lowest BCUT2D eigenvalue weighted by Crippen LogP contribution is -2.05. The van der Waals surface area contributed by atoms with E-state index in [2.05, 4.69) is 15.3 Å². The molecule has 0 radical (unpaired) electrons. The van der Waals surface area contributed by atoms with Crippen LogP contribution < -0.4 is 5.32 Å². The van der Waals surface area contributed by atoms with Crippen molar-refractivity contribution in [3.8, 4) is 11.4 Å². The largest absolute Gasteiger partial charge is 0.417 e. The Kier molecular flexibility index (Phi) is 3.45. The molecule has 0 saturated carbocycles. The quantitative estimate of drug-likeness (QED) is 0.912. The fourth-order valence-electron chi connectivity index (χ4n) is 1.28. The first kappa shape index (κ1) is 13.1. The summed E-state index contributed by atoms with van der Waals surface area (Å²) in [6.45, 7) is 0. The molecule has 2 rings (SSSR count). The van der Waals surface area contributed by atoms with E-state index in [1.54, 1.807) is 12.4 Å². The maximum Gasteiger partial charge on any atom is 0.417 e. The Morgan fingerprint density at radius 1 is 1.39 bits per heavy atom. The molecule has 0 aliphatic heterocycles. The van der Waals surface area contributed by atoms with Gasteiger partial charge in [-0.3, -0.25) is 4.98 Å². The number of hydrogen-bond donors (Lipinski definition) is 1. The minimum Gasteiger partial charge on any atom is -0.365 e. The molecule has 0 fully saturated rings. The highest BCUT2D eigenvalue weighted by Crippen LogP contribution is 2.34. The van der Waals surface area contributed by atoms with Crippen molar-refractivity contribution in [1.82, 2.24) is 9.97 Å². The smallest absolute Gasteiger partial charge is 0.365 e. The number of thiazole rings is 1. The van der Waals surface area contributed by atoms with Gasteiger partial charge in [-0.1, -0.05) is 11.6 Å². The first-order chi connectivity index (χ1) is 8.41. The zero-order valence-electron chi connectivity index (χ0n) is 9.05. The summed E-state index contributed by atoms with van der Waals surface area (Å²) < 4.78 is 37.3. The van der Waals surface area contributed by atoms with Crippen LogP contribution in [0.5, 0.6) is 0 Å². The summed E-state index contributed by atoms with van der Waals surface area (Å²) in [6, 6.07) is 0.849. The summed E-state index contributed by atoms with van der Waals surface area (Å²) in [5, 5.41) is 5.07. The van der Waals surface area contributed by atoms with Gasteiger partial charge in [-0.2, -0.15) is 13.2 Å². The van der Waals surface area contributed by atoms with Gasteiger partial charge in [0.1, 0.15) is 11.4 Å². The number of hydrogen-bond acceptors (Lipinski definition) is 4. The van der Waals surface area contributed by atoms with Crippen molar-refractivity contribution in [3.63, 3.8) is 0 Å². The van der Waals surface area contributed by atoms with Crippen molar-refractivity contribution in [2.75, 3.05) is 12.4 Å². The lowest BCUT2D eigenvalue weighted by atomic mass is 10.2. The minimum atomic E-state index is -4.45. The van der Waals surface area contributed by atoms with E-state index in [0.717, 1.165) is 12.3 Å². The van der Waals surface area contributed by atoms with Gasteiger partial charge >= 0.3 is 6.18 Å². The topological polar surface area (TPSA) is 37.8 Å². The summed E-state index contributed by atoms with van der Waals surface area (Å²) in [4.78, 5) is 7.86. The van der Waals surface area contributed by atoms with Crippen molar-refractivity contribution < 1.29 is 13.2 Å². The zero-order chi connectivity index (χ0) is 13.3. The molecule has 2 aromatic heterocycles. The third-order valence-corrected chi connectivity index (χ3v) is 3.28. The van der Waals surface area contributed by atoms with Crippen molar-refractivity contribution in [1.29, 1.82) is 0 Å². The summed E-state index contributed by atoms with van der Waals surface area (Å²) >= 11 is 7.12. The van der Waals surface area contributed by atoms with Gasteiger partial charge < -0.3 is 5.32 Å². The van der Waals surface area contributed by atoms with Gasteiger partial charge in [-0.25, -0.2) is 4.98 Å². The average Bonchev–Trinajstić information content (AvgIpc) is 2.76. The molecule has 1 N–H and O–H groups in total. The molecule has 2 heterocycles. The third-order valence-electron chi connectivity index (χ3n) is 2.13. The summed E-state index contributed by atoms with van der Waals surface area (Å²) in [6.07, 6.45) is -3.70. The fourth-order valence-corrected chi connectivity index (χ4v) is 2.20. The van der Waals surface area contributed by atoms with Crippen LogP contribution in [0.3, 0.4) is 0 Å². The SMILES string of the molecule is CNc1nc(-c2ncc(C(F)(F)F)cc2Cl)cs1. The predicted octanol–water partition coefficient (Wildman–Crippen LogP) is 3.92. The Bertz CT molecular complexity index is 568. The normalized spacial score (nSPS) is 11.6. The second-order valence-corrected chi connectivity index (χ2v) is 4.61. The number of pyridine rings is 1. The highest BCUT2D eigenvalue weighted by atomic mass is 35.5. The molecule has 8 heteroatoms.